The first-order valence-corrected chi connectivity index (χ1v) is 9.87. The number of aromatic nitrogens is 2. The molecule has 0 radical (unpaired) electrons. The molecule has 138 valence electrons. The van der Waals surface area contributed by atoms with Gasteiger partial charge < -0.3 is 10.1 Å². The Balaban J connectivity index is 1.37. The van der Waals surface area contributed by atoms with Crippen molar-refractivity contribution in [1.29, 1.82) is 0 Å². The maximum Gasteiger partial charge on any atom is 0.317 e. The Morgan fingerprint density at radius 1 is 1.08 bits per heavy atom. The first-order valence-electron chi connectivity index (χ1n) is 9.87. The summed E-state index contributed by atoms with van der Waals surface area (Å²) in [4.78, 5) is 20.9. The molecule has 2 aliphatic carbocycles. The van der Waals surface area contributed by atoms with Gasteiger partial charge in [-0.15, -0.1) is 0 Å². The average Bonchev–Trinajstić information content (AvgIpc) is 3.07. The van der Waals surface area contributed by atoms with Crippen molar-refractivity contribution in [2.75, 3.05) is 0 Å². The molecule has 2 saturated carbocycles. The van der Waals surface area contributed by atoms with Gasteiger partial charge in [0.15, 0.2) is 0 Å². The molecule has 1 aromatic heterocycles. The number of carbonyl (C=O) groups excluding carboxylic acids is 1. The second-order valence-corrected chi connectivity index (χ2v) is 7.78. The van der Waals surface area contributed by atoms with Crippen molar-refractivity contribution < 1.29 is 9.53 Å². The summed E-state index contributed by atoms with van der Waals surface area (Å²) >= 11 is 0. The lowest BCUT2D eigenvalue weighted by atomic mass is 9.92. The topological polar surface area (TPSA) is 64.1 Å². The fraction of sp³-hybridized carbons (Fsp3) is 0.750. The lowest BCUT2D eigenvalue weighted by molar-refractivity contribution is -0.122. The minimum atomic E-state index is 0.160. The summed E-state index contributed by atoms with van der Waals surface area (Å²) in [5.74, 6) is 1.02. The van der Waals surface area contributed by atoms with Crippen LogP contribution < -0.4 is 10.1 Å². The van der Waals surface area contributed by atoms with Crippen molar-refractivity contribution in [3.8, 4) is 6.01 Å². The van der Waals surface area contributed by atoms with Crippen LogP contribution in [-0.2, 0) is 4.79 Å². The number of hydrogen-bond donors (Lipinski definition) is 1. The van der Waals surface area contributed by atoms with Crippen LogP contribution in [0.25, 0.3) is 0 Å². The second kappa shape index (κ2) is 8.63. The molecule has 25 heavy (non-hydrogen) atoms. The molecule has 0 spiro atoms. The molecular weight excluding hydrogens is 314 g/mol. The van der Waals surface area contributed by atoms with Crippen LogP contribution in [0.2, 0.25) is 0 Å². The van der Waals surface area contributed by atoms with Crippen molar-refractivity contribution in [2.24, 2.45) is 5.92 Å². The van der Waals surface area contributed by atoms with Gasteiger partial charge >= 0.3 is 6.01 Å². The minimum absolute atomic E-state index is 0.160. The molecule has 5 nitrogen and oxygen atoms in total. The number of hydrogen-bond acceptors (Lipinski definition) is 4. The van der Waals surface area contributed by atoms with Crippen LogP contribution in [0, 0.1) is 19.8 Å². The van der Waals surface area contributed by atoms with Crippen molar-refractivity contribution in [2.45, 2.75) is 90.2 Å². The third kappa shape index (κ3) is 5.68. The summed E-state index contributed by atoms with van der Waals surface area (Å²) in [5, 5.41) is 3.22. The Morgan fingerprint density at radius 3 is 2.36 bits per heavy atom. The Kier molecular flexibility index (Phi) is 6.27. The SMILES string of the molecule is Cc1cc(C)nc(OC2CCC(NC(=O)CCC3CCCC3)CC2)n1. The van der Waals surface area contributed by atoms with E-state index < -0.39 is 0 Å². The van der Waals surface area contributed by atoms with E-state index in [4.69, 9.17) is 4.74 Å². The quantitative estimate of drug-likeness (QED) is 0.850. The normalized spacial score (nSPS) is 24.2. The van der Waals surface area contributed by atoms with Crippen LogP contribution in [0.3, 0.4) is 0 Å². The van der Waals surface area contributed by atoms with Gasteiger partial charge in [-0.1, -0.05) is 25.7 Å². The lowest BCUT2D eigenvalue weighted by Gasteiger charge is -2.29. The van der Waals surface area contributed by atoms with Gasteiger partial charge in [-0.3, -0.25) is 4.79 Å². The molecule has 0 unspecified atom stereocenters. The highest BCUT2D eigenvalue weighted by Gasteiger charge is 2.25. The molecule has 0 saturated heterocycles. The van der Waals surface area contributed by atoms with Gasteiger partial charge in [0.2, 0.25) is 5.91 Å². The van der Waals surface area contributed by atoms with E-state index in [1.807, 2.05) is 19.9 Å². The van der Waals surface area contributed by atoms with Crippen LogP contribution in [-0.4, -0.2) is 28.0 Å². The van der Waals surface area contributed by atoms with Crippen LogP contribution in [0.1, 0.15) is 75.6 Å². The highest BCUT2D eigenvalue weighted by molar-refractivity contribution is 5.76. The molecule has 0 aromatic carbocycles. The summed E-state index contributed by atoms with van der Waals surface area (Å²) in [6.45, 7) is 3.92. The summed E-state index contributed by atoms with van der Waals surface area (Å²) in [5.41, 5.74) is 1.87. The van der Waals surface area contributed by atoms with Crippen LogP contribution >= 0.6 is 0 Å². The van der Waals surface area contributed by atoms with E-state index >= 15 is 0 Å². The largest absolute Gasteiger partial charge is 0.460 e. The van der Waals surface area contributed by atoms with E-state index in [2.05, 4.69) is 15.3 Å². The van der Waals surface area contributed by atoms with Gasteiger partial charge in [0.25, 0.3) is 0 Å². The predicted molar refractivity (Wildman–Crippen MR) is 97.5 cm³/mol. The second-order valence-electron chi connectivity index (χ2n) is 7.78. The fourth-order valence-corrected chi connectivity index (χ4v) is 4.15. The van der Waals surface area contributed by atoms with E-state index in [0.717, 1.165) is 49.4 Å². The van der Waals surface area contributed by atoms with Gasteiger partial charge in [-0.05, 0) is 57.9 Å². The minimum Gasteiger partial charge on any atom is -0.460 e. The number of nitrogens with zero attached hydrogens (tertiary/aromatic N) is 2. The van der Waals surface area contributed by atoms with Crippen molar-refractivity contribution in [1.82, 2.24) is 15.3 Å². The molecule has 5 heteroatoms. The third-order valence-electron chi connectivity index (χ3n) is 5.53. The molecule has 1 aromatic rings. The number of carbonyl (C=O) groups is 1. The molecular formula is C20H31N3O2. The molecule has 1 heterocycles. The Morgan fingerprint density at radius 2 is 1.72 bits per heavy atom. The Hall–Kier alpha value is -1.65. The highest BCUT2D eigenvalue weighted by Crippen LogP contribution is 2.28. The number of aryl methyl sites for hydroxylation is 2. The van der Waals surface area contributed by atoms with Crippen LogP contribution in [0.5, 0.6) is 6.01 Å². The summed E-state index contributed by atoms with van der Waals surface area (Å²) in [6.07, 6.45) is 11.1. The van der Waals surface area contributed by atoms with Crippen molar-refractivity contribution in [3.05, 3.63) is 17.5 Å². The van der Waals surface area contributed by atoms with Crippen molar-refractivity contribution in [3.63, 3.8) is 0 Å². The Bertz CT molecular complexity index is 556. The summed E-state index contributed by atoms with van der Waals surface area (Å²) in [7, 11) is 0. The smallest absolute Gasteiger partial charge is 0.317 e. The predicted octanol–water partition coefficient (Wildman–Crippen LogP) is 3.87. The zero-order valence-corrected chi connectivity index (χ0v) is 15.6. The van der Waals surface area contributed by atoms with Gasteiger partial charge in [-0.25, -0.2) is 9.97 Å². The highest BCUT2D eigenvalue weighted by atomic mass is 16.5. The van der Waals surface area contributed by atoms with Gasteiger partial charge in [0, 0.05) is 23.9 Å². The monoisotopic (exact) mass is 345 g/mol. The van der Waals surface area contributed by atoms with Gasteiger partial charge in [-0.2, -0.15) is 0 Å². The first kappa shape index (κ1) is 18.2. The first-order chi connectivity index (χ1) is 12.1. The van der Waals surface area contributed by atoms with Crippen molar-refractivity contribution >= 4 is 5.91 Å². The average molecular weight is 345 g/mol. The van der Waals surface area contributed by atoms with E-state index in [9.17, 15) is 4.79 Å². The van der Waals surface area contributed by atoms with Crippen LogP contribution in [0.15, 0.2) is 6.07 Å². The zero-order valence-electron chi connectivity index (χ0n) is 15.6. The number of ether oxygens (including phenoxy) is 1. The van der Waals surface area contributed by atoms with Crippen LogP contribution in [0.4, 0.5) is 0 Å². The molecule has 2 aliphatic rings. The maximum atomic E-state index is 12.2. The molecule has 0 aliphatic heterocycles. The van der Waals surface area contributed by atoms with E-state index in [-0.39, 0.29) is 12.0 Å². The molecule has 0 bridgehead atoms. The van der Waals surface area contributed by atoms with Gasteiger partial charge in [0.1, 0.15) is 6.10 Å². The third-order valence-corrected chi connectivity index (χ3v) is 5.53. The molecule has 1 amide bonds. The van der Waals surface area contributed by atoms with Gasteiger partial charge in [0.05, 0.1) is 0 Å². The molecule has 1 N–H and O–H groups in total. The summed E-state index contributed by atoms with van der Waals surface area (Å²) in [6, 6.07) is 2.74. The standard InChI is InChI=1S/C20H31N3O2/c1-14-13-15(2)22-20(21-14)25-18-10-8-17(9-11-18)23-19(24)12-7-16-5-3-4-6-16/h13,16-18H,3-12H2,1-2H3,(H,23,24). The molecule has 0 atom stereocenters. The Labute approximate surface area is 151 Å². The van der Waals surface area contributed by atoms with E-state index in [0.29, 0.717) is 18.5 Å². The number of rotatable bonds is 6. The number of amides is 1. The van der Waals surface area contributed by atoms with E-state index in [1.54, 1.807) is 0 Å². The lowest BCUT2D eigenvalue weighted by Crippen LogP contribution is -2.39. The zero-order chi connectivity index (χ0) is 17.6. The number of nitrogens with one attached hydrogen (secondary N) is 1. The molecule has 2 fully saturated rings. The summed E-state index contributed by atoms with van der Waals surface area (Å²) < 4.78 is 5.95. The van der Waals surface area contributed by atoms with E-state index in [1.165, 1.54) is 25.7 Å². The molecule has 3 rings (SSSR count). The maximum absolute atomic E-state index is 12.2. The fourth-order valence-electron chi connectivity index (χ4n) is 4.15.